The van der Waals surface area contributed by atoms with Crippen molar-refractivity contribution in [2.45, 2.75) is 34.3 Å². The van der Waals surface area contributed by atoms with Crippen LogP contribution in [0.15, 0.2) is 28.8 Å². The first kappa shape index (κ1) is 21.9. The normalized spacial score (nSPS) is 11.0. The van der Waals surface area contributed by atoms with Crippen LogP contribution in [0.4, 0.5) is 5.82 Å². The zero-order valence-electron chi connectivity index (χ0n) is 18.6. The minimum absolute atomic E-state index is 0.0295. The second kappa shape index (κ2) is 8.69. The molecule has 0 aromatic carbocycles. The average molecular weight is 450 g/mol. The van der Waals surface area contributed by atoms with E-state index < -0.39 is 11.9 Å². The quantitative estimate of drug-likeness (QED) is 0.435. The molecule has 0 spiro atoms. The number of hydrogen-bond donors (Lipinski definition) is 1. The lowest BCUT2D eigenvalue weighted by Gasteiger charge is -2.07. The Kier molecular flexibility index (Phi) is 5.78. The van der Waals surface area contributed by atoms with Gasteiger partial charge in [0.1, 0.15) is 17.1 Å². The molecule has 11 heteroatoms. The molecule has 4 aromatic rings. The van der Waals surface area contributed by atoms with Crippen LogP contribution in [0, 0.1) is 20.8 Å². The van der Waals surface area contributed by atoms with E-state index in [4.69, 9.17) is 19.6 Å². The zero-order valence-corrected chi connectivity index (χ0v) is 18.6. The van der Waals surface area contributed by atoms with Gasteiger partial charge in [-0.2, -0.15) is 10.1 Å². The van der Waals surface area contributed by atoms with Gasteiger partial charge in [0.2, 0.25) is 5.71 Å². The molecule has 11 nitrogen and oxygen atoms in total. The van der Waals surface area contributed by atoms with Crippen LogP contribution in [0.1, 0.15) is 50.6 Å². The van der Waals surface area contributed by atoms with Crippen molar-refractivity contribution >= 4 is 28.9 Å². The lowest BCUT2D eigenvalue weighted by molar-refractivity contribution is 0.0460. The molecule has 170 valence electrons. The maximum Gasteiger partial charge on any atom is 0.342 e. The second-order valence-electron chi connectivity index (χ2n) is 7.28. The number of nitrogens with zero attached hydrogens (tertiary/aromatic N) is 5. The standard InChI is InChI=1S/C22H22N6O5/c1-5-31-22(30)17-13(4)33-20-18(17)19(23)25-15(26-20)10-32-21(29)14-6-7-16(24-9-14)28-12(3)8-11(2)27-28/h6-9H,5,10H2,1-4H3,(H2,23,25,26). The summed E-state index contributed by atoms with van der Waals surface area (Å²) >= 11 is 0. The molecule has 0 aliphatic carbocycles. The fourth-order valence-corrected chi connectivity index (χ4v) is 3.40. The molecule has 0 atom stereocenters. The summed E-state index contributed by atoms with van der Waals surface area (Å²) in [7, 11) is 0. The van der Waals surface area contributed by atoms with Gasteiger partial charge < -0.3 is 19.6 Å². The Morgan fingerprint density at radius 3 is 2.55 bits per heavy atom. The van der Waals surface area contributed by atoms with Crippen LogP contribution in [0.25, 0.3) is 16.9 Å². The van der Waals surface area contributed by atoms with Gasteiger partial charge in [-0.15, -0.1) is 0 Å². The average Bonchev–Trinajstić information content (AvgIpc) is 3.30. The molecular formula is C22H22N6O5. The van der Waals surface area contributed by atoms with Crippen LogP contribution >= 0.6 is 0 Å². The number of nitrogen functional groups attached to an aromatic ring is 1. The number of aromatic nitrogens is 5. The van der Waals surface area contributed by atoms with Crippen molar-refractivity contribution in [3.8, 4) is 5.82 Å². The Balaban J connectivity index is 1.49. The maximum atomic E-state index is 12.4. The molecule has 33 heavy (non-hydrogen) atoms. The highest BCUT2D eigenvalue weighted by molar-refractivity contribution is 6.07. The summed E-state index contributed by atoms with van der Waals surface area (Å²) in [5, 5.41) is 4.63. The molecule has 0 radical (unpaired) electrons. The number of nitrogens with two attached hydrogens (primary N) is 1. The number of ether oxygens (including phenoxy) is 2. The van der Waals surface area contributed by atoms with Crippen molar-refractivity contribution in [2.24, 2.45) is 0 Å². The summed E-state index contributed by atoms with van der Waals surface area (Å²) in [6, 6.07) is 5.21. The topological polar surface area (TPSA) is 148 Å². The van der Waals surface area contributed by atoms with Crippen molar-refractivity contribution in [3.05, 3.63) is 58.5 Å². The Bertz CT molecular complexity index is 1360. The van der Waals surface area contributed by atoms with E-state index in [1.54, 1.807) is 30.7 Å². The van der Waals surface area contributed by atoms with Gasteiger partial charge in [-0.05, 0) is 45.9 Å². The summed E-state index contributed by atoms with van der Waals surface area (Å²) in [5.74, 6) is -0.115. The predicted octanol–water partition coefficient (Wildman–Crippen LogP) is 2.84. The number of carbonyl (C=O) groups excluding carboxylic acids is 2. The number of fused-ring (bicyclic) bond motifs is 1. The van der Waals surface area contributed by atoms with Crippen molar-refractivity contribution < 1.29 is 23.5 Å². The third kappa shape index (κ3) is 4.25. The third-order valence-electron chi connectivity index (χ3n) is 4.82. The van der Waals surface area contributed by atoms with Gasteiger partial charge in [-0.1, -0.05) is 0 Å². The van der Waals surface area contributed by atoms with Crippen molar-refractivity contribution in [3.63, 3.8) is 0 Å². The fraction of sp³-hybridized carbons (Fsp3) is 0.273. The molecule has 0 bridgehead atoms. The molecule has 0 unspecified atom stereocenters. The van der Waals surface area contributed by atoms with Crippen molar-refractivity contribution in [1.82, 2.24) is 24.7 Å². The highest BCUT2D eigenvalue weighted by atomic mass is 16.5. The van der Waals surface area contributed by atoms with Crippen LogP contribution in [0.2, 0.25) is 0 Å². The van der Waals surface area contributed by atoms with E-state index >= 15 is 0 Å². The van der Waals surface area contributed by atoms with Crippen LogP contribution in [0.3, 0.4) is 0 Å². The number of carbonyl (C=O) groups is 2. The highest BCUT2D eigenvalue weighted by Crippen LogP contribution is 2.29. The summed E-state index contributed by atoms with van der Waals surface area (Å²) < 4.78 is 17.6. The van der Waals surface area contributed by atoms with E-state index in [0.717, 1.165) is 11.4 Å². The van der Waals surface area contributed by atoms with Gasteiger partial charge in [0.25, 0.3) is 0 Å². The number of rotatable bonds is 6. The number of esters is 2. The van der Waals surface area contributed by atoms with Crippen LogP contribution < -0.4 is 5.73 Å². The summed E-state index contributed by atoms with van der Waals surface area (Å²) in [5.41, 5.74) is 8.39. The summed E-state index contributed by atoms with van der Waals surface area (Å²) in [6.07, 6.45) is 1.41. The molecule has 0 fully saturated rings. The molecular weight excluding hydrogens is 428 g/mol. The Hall–Kier alpha value is -4.28. The van der Waals surface area contributed by atoms with E-state index in [-0.39, 0.29) is 47.1 Å². The van der Waals surface area contributed by atoms with Crippen LogP contribution in [0.5, 0.6) is 0 Å². The lowest BCUT2D eigenvalue weighted by Crippen LogP contribution is -2.10. The molecule has 0 saturated heterocycles. The number of pyridine rings is 1. The SMILES string of the molecule is CCOC(=O)c1c(C)oc2nc(COC(=O)c3ccc(-n4nc(C)cc4C)nc3)nc(N)c12. The molecule has 4 aromatic heterocycles. The first-order valence-electron chi connectivity index (χ1n) is 10.2. The maximum absolute atomic E-state index is 12.4. The minimum atomic E-state index is -0.604. The molecule has 0 aliphatic heterocycles. The van der Waals surface area contributed by atoms with Crippen molar-refractivity contribution in [2.75, 3.05) is 12.3 Å². The van der Waals surface area contributed by atoms with Gasteiger partial charge in [-0.25, -0.2) is 24.2 Å². The minimum Gasteiger partial charge on any atom is -0.462 e. The zero-order chi connectivity index (χ0) is 23.7. The van der Waals surface area contributed by atoms with E-state index in [2.05, 4.69) is 20.1 Å². The highest BCUT2D eigenvalue weighted by Gasteiger charge is 2.24. The van der Waals surface area contributed by atoms with Gasteiger partial charge in [0, 0.05) is 11.9 Å². The monoisotopic (exact) mass is 450 g/mol. The molecule has 2 N–H and O–H groups in total. The van der Waals surface area contributed by atoms with Crippen molar-refractivity contribution in [1.29, 1.82) is 0 Å². The molecule has 4 heterocycles. The number of aryl methyl sites for hydroxylation is 3. The van der Waals surface area contributed by atoms with Gasteiger partial charge in [0.05, 0.1) is 23.3 Å². The number of hydrogen-bond acceptors (Lipinski definition) is 10. The molecule has 4 rings (SSSR count). The fourth-order valence-electron chi connectivity index (χ4n) is 3.40. The Morgan fingerprint density at radius 2 is 1.91 bits per heavy atom. The molecule has 0 saturated carbocycles. The molecule has 0 aliphatic rings. The largest absolute Gasteiger partial charge is 0.462 e. The molecule has 0 amide bonds. The second-order valence-corrected chi connectivity index (χ2v) is 7.28. The predicted molar refractivity (Wildman–Crippen MR) is 117 cm³/mol. The smallest absolute Gasteiger partial charge is 0.342 e. The van der Waals surface area contributed by atoms with E-state index in [0.29, 0.717) is 11.6 Å². The van der Waals surface area contributed by atoms with Gasteiger partial charge >= 0.3 is 11.9 Å². The van der Waals surface area contributed by atoms with Crippen LogP contribution in [-0.4, -0.2) is 43.3 Å². The van der Waals surface area contributed by atoms with E-state index in [9.17, 15) is 9.59 Å². The van der Waals surface area contributed by atoms with Gasteiger partial charge in [-0.3, -0.25) is 0 Å². The van der Waals surface area contributed by atoms with E-state index in [1.807, 2.05) is 19.9 Å². The summed E-state index contributed by atoms with van der Waals surface area (Å²) in [6.45, 7) is 7.08. The van der Waals surface area contributed by atoms with Gasteiger partial charge in [0.15, 0.2) is 18.2 Å². The van der Waals surface area contributed by atoms with E-state index in [1.165, 1.54) is 6.20 Å². The third-order valence-corrected chi connectivity index (χ3v) is 4.82. The van der Waals surface area contributed by atoms with Crippen LogP contribution in [-0.2, 0) is 16.1 Å². The Labute approximate surface area is 188 Å². The summed E-state index contributed by atoms with van der Waals surface area (Å²) in [4.78, 5) is 37.3. The number of anilines is 1. The Morgan fingerprint density at radius 1 is 1.12 bits per heavy atom. The number of furan rings is 1. The first-order chi connectivity index (χ1) is 15.8. The first-order valence-corrected chi connectivity index (χ1v) is 10.2. The lowest BCUT2D eigenvalue weighted by atomic mass is 10.2.